The fourth-order valence-electron chi connectivity index (χ4n) is 4.60. The molecule has 2 aromatic carbocycles. The minimum atomic E-state index is -0.245. The molecular weight excluding hydrogens is 518 g/mol. The Morgan fingerprint density at radius 3 is 2.63 bits per heavy atom. The molecule has 3 heterocycles. The summed E-state index contributed by atoms with van der Waals surface area (Å²) in [5, 5.41) is 7.36. The van der Waals surface area contributed by atoms with E-state index in [-0.39, 0.29) is 23.9 Å². The van der Waals surface area contributed by atoms with Gasteiger partial charge in [0, 0.05) is 41.4 Å². The monoisotopic (exact) mass is 545 g/mol. The Morgan fingerprint density at radius 1 is 1.08 bits per heavy atom. The molecule has 2 aromatic heterocycles. The number of rotatable bonds is 7. The lowest BCUT2D eigenvalue weighted by atomic mass is 10.0. The van der Waals surface area contributed by atoms with Crippen molar-refractivity contribution < 1.29 is 9.53 Å². The number of hydrogen-bond donors (Lipinski definition) is 2. The molecule has 0 radical (unpaired) electrons. The van der Waals surface area contributed by atoms with Crippen LogP contribution >= 0.6 is 23.8 Å². The van der Waals surface area contributed by atoms with E-state index < -0.39 is 0 Å². The van der Waals surface area contributed by atoms with Crippen LogP contribution in [0.1, 0.15) is 37.3 Å². The average molecular weight is 546 g/mol. The maximum Gasteiger partial charge on any atom is 0.226 e. The number of ether oxygens (including phenoxy) is 1. The first-order chi connectivity index (χ1) is 18.4. The molecular formula is C29H28ClN5O2S. The summed E-state index contributed by atoms with van der Waals surface area (Å²) < 4.78 is 7.60. The number of thiocarbonyl (C=S) groups is 1. The first-order valence-electron chi connectivity index (χ1n) is 12.3. The van der Waals surface area contributed by atoms with Gasteiger partial charge in [-0.3, -0.25) is 9.78 Å². The quantitative estimate of drug-likeness (QED) is 0.265. The first-order valence-corrected chi connectivity index (χ1v) is 13.1. The summed E-state index contributed by atoms with van der Waals surface area (Å²) in [5.74, 6) is 0.516. The fraction of sp³-hybridized carbons (Fsp3) is 0.207. The molecule has 7 nitrogen and oxygen atoms in total. The van der Waals surface area contributed by atoms with Gasteiger partial charge in [0.1, 0.15) is 11.8 Å². The van der Waals surface area contributed by atoms with Crippen LogP contribution in [0.4, 0.5) is 11.4 Å². The highest BCUT2D eigenvalue weighted by atomic mass is 35.5. The molecule has 1 aliphatic heterocycles. The number of nitrogens with one attached hydrogen (secondary N) is 2. The van der Waals surface area contributed by atoms with Crippen LogP contribution in [0.3, 0.4) is 0 Å². The third-order valence-corrected chi connectivity index (χ3v) is 7.15. The normalized spacial score (nSPS) is 17.0. The highest BCUT2D eigenvalue weighted by molar-refractivity contribution is 7.80. The maximum atomic E-state index is 12.3. The lowest BCUT2D eigenvalue weighted by Gasteiger charge is -2.29. The number of carbonyl (C=O) groups excluding carboxylic acids is 1. The van der Waals surface area contributed by atoms with Gasteiger partial charge in [-0.1, -0.05) is 37.6 Å². The predicted molar refractivity (Wildman–Crippen MR) is 155 cm³/mol. The zero-order valence-corrected chi connectivity index (χ0v) is 22.8. The van der Waals surface area contributed by atoms with Crippen molar-refractivity contribution in [3.8, 4) is 11.4 Å². The number of anilines is 2. The number of hydrogen-bond acceptors (Lipinski definition) is 4. The Balaban J connectivity index is 1.60. The molecule has 38 heavy (non-hydrogen) atoms. The standard InChI is InChI=1S/C29H28ClN5O2S/c1-18(2)28(36)32-23-13-12-20(17-22(23)30)35-27(26(33-29(35)38)24-10-4-5-14-31-24)25-11-7-15-34(25)19-8-6-9-21(16-19)37-3/h4-18,26-27H,1-3H3,(H,32,36)(H,33,38)/t26-,27-/m0/s1. The van der Waals surface area contributed by atoms with Gasteiger partial charge in [-0.05, 0) is 66.8 Å². The molecule has 0 unspecified atom stereocenters. The zero-order chi connectivity index (χ0) is 26.8. The molecule has 0 bridgehead atoms. The summed E-state index contributed by atoms with van der Waals surface area (Å²) in [6, 6.07) is 23.0. The van der Waals surface area contributed by atoms with Crippen LogP contribution in [-0.2, 0) is 4.79 Å². The third kappa shape index (κ3) is 4.97. The smallest absolute Gasteiger partial charge is 0.226 e. The molecule has 2 N–H and O–H groups in total. The summed E-state index contributed by atoms with van der Waals surface area (Å²) in [6.45, 7) is 3.68. The van der Waals surface area contributed by atoms with E-state index in [1.54, 1.807) is 13.3 Å². The number of amides is 1. The molecule has 5 rings (SSSR count). The van der Waals surface area contributed by atoms with Crippen molar-refractivity contribution in [3.05, 3.63) is 102 Å². The lowest BCUT2D eigenvalue weighted by Crippen LogP contribution is -2.30. The average Bonchev–Trinajstić information content (AvgIpc) is 3.54. The Bertz CT molecular complexity index is 1470. The van der Waals surface area contributed by atoms with Gasteiger partial charge in [-0.15, -0.1) is 0 Å². The van der Waals surface area contributed by atoms with Crippen molar-refractivity contribution in [1.82, 2.24) is 14.9 Å². The Kier molecular flexibility index (Phi) is 7.35. The van der Waals surface area contributed by atoms with E-state index in [4.69, 9.17) is 28.6 Å². The summed E-state index contributed by atoms with van der Waals surface area (Å²) in [7, 11) is 1.66. The van der Waals surface area contributed by atoms with Gasteiger partial charge in [0.25, 0.3) is 0 Å². The maximum absolute atomic E-state index is 12.3. The Hall–Kier alpha value is -3.88. The summed E-state index contributed by atoms with van der Waals surface area (Å²) >= 11 is 12.5. The Labute approximate surface area is 232 Å². The van der Waals surface area contributed by atoms with Crippen molar-refractivity contribution in [2.24, 2.45) is 5.92 Å². The van der Waals surface area contributed by atoms with E-state index in [1.807, 2.05) is 86.8 Å². The van der Waals surface area contributed by atoms with Crippen molar-refractivity contribution in [2.45, 2.75) is 25.9 Å². The molecule has 0 saturated carbocycles. The van der Waals surface area contributed by atoms with Gasteiger partial charge in [0.2, 0.25) is 5.91 Å². The van der Waals surface area contributed by atoms with Crippen LogP contribution in [0.15, 0.2) is 85.2 Å². The number of carbonyl (C=O) groups is 1. The highest BCUT2D eigenvalue weighted by Gasteiger charge is 2.42. The number of halogens is 1. The second-order valence-corrected chi connectivity index (χ2v) is 10.1. The van der Waals surface area contributed by atoms with Gasteiger partial charge in [0.15, 0.2) is 5.11 Å². The summed E-state index contributed by atoms with van der Waals surface area (Å²) in [4.78, 5) is 19.0. The summed E-state index contributed by atoms with van der Waals surface area (Å²) in [6.07, 6.45) is 3.81. The van der Waals surface area contributed by atoms with Crippen molar-refractivity contribution in [3.63, 3.8) is 0 Å². The molecule has 194 valence electrons. The Morgan fingerprint density at radius 2 is 1.92 bits per heavy atom. The molecule has 2 atom stereocenters. The van der Waals surface area contributed by atoms with Crippen LogP contribution in [-0.4, -0.2) is 27.7 Å². The van der Waals surface area contributed by atoms with E-state index in [1.165, 1.54) is 0 Å². The van der Waals surface area contributed by atoms with Gasteiger partial charge >= 0.3 is 0 Å². The van der Waals surface area contributed by atoms with E-state index >= 15 is 0 Å². The minimum Gasteiger partial charge on any atom is -0.497 e. The molecule has 1 fully saturated rings. The van der Waals surface area contributed by atoms with E-state index in [0.29, 0.717) is 15.8 Å². The number of methoxy groups -OCH3 is 1. The van der Waals surface area contributed by atoms with Crippen LogP contribution in [0.2, 0.25) is 5.02 Å². The number of aromatic nitrogens is 2. The van der Waals surface area contributed by atoms with Crippen LogP contribution in [0, 0.1) is 5.92 Å². The molecule has 0 aliphatic carbocycles. The fourth-order valence-corrected chi connectivity index (χ4v) is 5.16. The SMILES string of the molecule is COc1cccc(-n2cccc2[C@H]2[C@H](c3ccccn3)NC(=S)N2c2ccc(NC(=O)C(C)C)c(Cl)c2)c1. The highest BCUT2D eigenvalue weighted by Crippen LogP contribution is 2.43. The number of pyridine rings is 1. The van der Waals surface area contributed by atoms with Gasteiger partial charge in [-0.25, -0.2) is 0 Å². The van der Waals surface area contributed by atoms with Crippen molar-refractivity contribution in [1.29, 1.82) is 0 Å². The first kappa shape index (κ1) is 25.8. The zero-order valence-electron chi connectivity index (χ0n) is 21.3. The topological polar surface area (TPSA) is 71.4 Å². The van der Waals surface area contributed by atoms with Crippen molar-refractivity contribution in [2.75, 3.05) is 17.3 Å². The molecule has 1 saturated heterocycles. The lowest BCUT2D eigenvalue weighted by molar-refractivity contribution is -0.118. The van der Waals surface area contributed by atoms with Crippen LogP contribution < -0.4 is 20.3 Å². The second kappa shape index (κ2) is 10.8. The molecule has 1 aliphatic rings. The van der Waals surface area contributed by atoms with Gasteiger partial charge < -0.3 is 24.8 Å². The van der Waals surface area contributed by atoms with Crippen LogP contribution in [0.5, 0.6) is 5.75 Å². The largest absolute Gasteiger partial charge is 0.497 e. The van der Waals surface area contributed by atoms with E-state index in [2.05, 4.69) is 31.2 Å². The van der Waals surface area contributed by atoms with E-state index in [9.17, 15) is 4.79 Å². The van der Waals surface area contributed by atoms with Gasteiger partial charge in [0.05, 0.1) is 29.6 Å². The molecule has 1 amide bonds. The van der Waals surface area contributed by atoms with Crippen molar-refractivity contribution >= 4 is 46.2 Å². The molecule has 9 heteroatoms. The van der Waals surface area contributed by atoms with Crippen LogP contribution in [0.25, 0.3) is 5.69 Å². The predicted octanol–water partition coefficient (Wildman–Crippen LogP) is 6.31. The minimum absolute atomic E-state index is 0.0952. The molecule has 0 spiro atoms. The van der Waals surface area contributed by atoms with Gasteiger partial charge in [-0.2, -0.15) is 0 Å². The molecule has 4 aromatic rings. The number of benzene rings is 2. The summed E-state index contributed by atoms with van der Waals surface area (Å²) in [5.41, 5.74) is 4.20. The number of nitrogens with zero attached hydrogens (tertiary/aromatic N) is 3. The second-order valence-electron chi connectivity index (χ2n) is 9.31. The third-order valence-electron chi connectivity index (χ3n) is 6.53. The van der Waals surface area contributed by atoms with E-state index in [0.717, 1.165) is 28.5 Å².